The summed E-state index contributed by atoms with van der Waals surface area (Å²) in [5.41, 5.74) is 5.93. The molecule has 2 amide bonds. The first-order chi connectivity index (χ1) is 21.9. The number of rotatable bonds is 7. The second-order valence-electron chi connectivity index (χ2n) is 11.1. The Labute approximate surface area is 262 Å². The maximum Gasteiger partial charge on any atom is 0.416 e. The average molecular weight is 626 g/mol. The van der Waals surface area contributed by atoms with Gasteiger partial charge in [0.15, 0.2) is 0 Å². The minimum absolute atomic E-state index is 0.156. The van der Waals surface area contributed by atoms with Crippen molar-refractivity contribution in [3.63, 3.8) is 0 Å². The van der Waals surface area contributed by atoms with Crippen molar-refractivity contribution in [3.05, 3.63) is 112 Å². The topological polar surface area (TPSA) is 117 Å². The number of hydrogen-bond donors (Lipinski definition) is 4. The van der Waals surface area contributed by atoms with Gasteiger partial charge >= 0.3 is 6.18 Å². The number of nitrogens with one attached hydrogen (secondary N) is 4. The van der Waals surface area contributed by atoms with Crippen LogP contribution >= 0.6 is 0 Å². The number of carbonyl (C=O) groups excluding carboxylic acids is 2. The van der Waals surface area contributed by atoms with E-state index < -0.39 is 17.6 Å². The number of aromatic nitrogens is 4. The number of amides is 2. The van der Waals surface area contributed by atoms with Crippen LogP contribution in [0.2, 0.25) is 0 Å². The summed E-state index contributed by atoms with van der Waals surface area (Å²) in [6, 6.07) is 13.7. The van der Waals surface area contributed by atoms with Gasteiger partial charge in [0, 0.05) is 35.2 Å². The lowest BCUT2D eigenvalue weighted by atomic mass is 10.0. The number of H-pyrrole nitrogens is 1. The Morgan fingerprint density at radius 3 is 2.50 bits per heavy atom. The lowest BCUT2D eigenvalue weighted by Gasteiger charge is -2.16. The third kappa shape index (κ3) is 6.01. The van der Waals surface area contributed by atoms with Gasteiger partial charge in [-0.25, -0.2) is 9.97 Å². The third-order valence-electron chi connectivity index (χ3n) is 7.73. The Hall–Kier alpha value is -5.65. The van der Waals surface area contributed by atoms with Gasteiger partial charge in [0.2, 0.25) is 0 Å². The molecule has 0 fully saturated rings. The van der Waals surface area contributed by atoms with E-state index in [1.54, 1.807) is 37.4 Å². The number of carbonyl (C=O) groups is 2. The van der Waals surface area contributed by atoms with Crippen LogP contribution in [0.3, 0.4) is 0 Å². The number of imidazole rings is 2. The van der Waals surface area contributed by atoms with Gasteiger partial charge in [-0.15, -0.1) is 0 Å². The van der Waals surface area contributed by atoms with E-state index in [2.05, 4.69) is 30.9 Å². The molecule has 0 saturated carbocycles. The quantitative estimate of drug-likeness (QED) is 0.139. The molecule has 46 heavy (non-hydrogen) atoms. The zero-order chi connectivity index (χ0) is 32.7. The first-order valence-electron chi connectivity index (χ1n) is 14.5. The summed E-state index contributed by atoms with van der Waals surface area (Å²) in [5.74, 6) is -0.0832. The minimum Gasteiger partial charge on any atom is -0.355 e. The van der Waals surface area contributed by atoms with Gasteiger partial charge in [-0.3, -0.25) is 9.59 Å². The van der Waals surface area contributed by atoms with E-state index in [1.165, 1.54) is 17.0 Å². The number of aryl methyl sites for hydroxylation is 4. The molecule has 0 aliphatic carbocycles. The lowest BCUT2D eigenvalue weighted by molar-refractivity contribution is -0.137. The fraction of sp³-hybridized carbons (Fsp3) is 0.176. The number of alkyl halides is 3. The molecule has 0 unspecified atom stereocenters. The molecule has 0 atom stereocenters. The molecule has 4 N–H and O–H groups in total. The zero-order valence-corrected chi connectivity index (χ0v) is 25.4. The van der Waals surface area contributed by atoms with Crippen molar-refractivity contribution < 1.29 is 22.8 Å². The van der Waals surface area contributed by atoms with Crippen LogP contribution < -0.4 is 16.0 Å². The van der Waals surface area contributed by atoms with Gasteiger partial charge < -0.3 is 25.5 Å². The van der Waals surface area contributed by atoms with Crippen molar-refractivity contribution >= 4 is 46.2 Å². The Kier molecular flexibility index (Phi) is 7.72. The number of benzene rings is 3. The van der Waals surface area contributed by atoms with Crippen LogP contribution in [-0.4, -0.2) is 31.3 Å². The molecule has 2 aromatic heterocycles. The van der Waals surface area contributed by atoms with Gasteiger partial charge in [0.25, 0.3) is 11.8 Å². The second kappa shape index (κ2) is 11.7. The SMILES string of the molecule is CCc1nc(C)c(C=C2C(=O)Nc3cc(Nc4cc(NC(=O)c5cc(C(F)(F)F)ccc5-n5cnc(C)c5)ccc4C)ccc32)[nH]1. The second-order valence-corrected chi connectivity index (χ2v) is 11.1. The van der Waals surface area contributed by atoms with Gasteiger partial charge in [-0.1, -0.05) is 19.1 Å². The standard InChI is InChI=1S/C34H30F3N7O2/c1-5-31-39-20(4)28(42-31)15-25-24-10-9-22(14-29(24)43-32(25)45)40-27-13-23(8-6-18(27)2)41-33(46)26-12-21(34(35,36)37)7-11-30(26)44-16-19(3)38-17-44/h6-17,40H,5H2,1-4H3,(H,39,42)(H,41,46)(H,43,45). The van der Waals surface area contributed by atoms with E-state index in [-0.39, 0.29) is 17.2 Å². The van der Waals surface area contributed by atoms with Crippen LogP contribution in [0.15, 0.2) is 67.1 Å². The molecule has 3 heterocycles. The highest BCUT2D eigenvalue weighted by atomic mass is 19.4. The van der Waals surface area contributed by atoms with Crippen molar-refractivity contribution in [1.29, 1.82) is 0 Å². The molecule has 3 aromatic carbocycles. The van der Waals surface area contributed by atoms with Crippen molar-refractivity contribution in [1.82, 2.24) is 19.5 Å². The molecule has 0 spiro atoms. The molecule has 234 valence electrons. The van der Waals surface area contributed by atoms with Gasteiger partial charge in [-0.05, 0) is 74.9 Å². The molecule has 0 radical (unpaired) electrons. The van der Waals surface area contributed by atoms with Crippen LogP contribution in [0.25, 0.3) is 17.3 Å². The highest BCUT2D eigenvalue weighted by Crippen LogP contribution is 2.37. The molecule has 12 heteroatoms. The van der Waals surface area contributed by atoms with E-state index >= 15 is 0 Å². The lowest BCUT2D eigenvalue weighted by Crippen LogP contribution is -2.17. The van der Waals surface area contributed by atoms with E-state index in [4.69, 9.17) is 0 Å². The summed E-state index contributed by atoms with van der Waals surface area (Å²) >= 11 is 0. The molecule has 9 nitrogen and oxygen atoms in total. The Morgan fingerprint density at radius 2 is 1.80 bits per heavy atom. The number of fused-ring (bicyclic) bond motifs is 1. The average Bonchev–Trinajstić information content (AvgIpc) is 3.70. The van der Waals surface area contributed by atoms with Crippen molar-refractivity contribution in [2.24, 2.45) is 0 Å². The van der Waals surface area contributed by atoms with E-state index in [0.29, 0.717) is 34.0 Å². The molecule has 1 aliphatic heterocycles. The molecule has 0 bridgehead atoms. The summed E-state index contributed by atoms with van der Waals surface area (Å²) in [6.07, 6.45) is 1.01. The summed E-state index contributed by atoms with van der Waals surface area (Å²) in [4.78, 5) is 38.1. The van der Waals surface area contributed by atoms with E-state index in [9.17, 15) is 22.8 Å². The molecular weight excluding hydrogens is 595 g/mol. The summed E-state index contributed by atoms with van der Waals surface area (Å²) in [5, 5.41) is 8.98. The summed E-state index contributed by atoms with van der Waals surface area (Å²) < 4.78 is 42.2. The van der Waals surface area contributed by atoms with Crippen LogP contribution in [0.1, 0.15) is 56.9 Å². The van der Waals surface area contributed by atoms with Crippen LogP contribution in [-0.2, 0) is 17.4 Å². The van der Waals surface area contributed by atoms with Crippen LogP contribution in [0, 0.1) is 20.8 Å². The smallest absolute Gasteiger partial charge is 0.355 e. The van der Waals surface area contributed by atoms with Gasteiger partial charge in [0.1, 0.15) is 5.82 Å². The van der Waals surface area contributed by atoms with E-state index in [0.717, 1.165) is 46.9 Å². The minimum atomic E-state index is -4.62. The molecule has 1 aliphatic rings. The fourth-order valence-corrected chi connectivity index (χ4v) is 5.27. The largest absolute Gasteiger partial charge is 0.416 e. The Balaban J connectivity index is 1.25. The van der Waals surface area contributed by atoms with Crippen molar-refractivity contribution in [2.75, 3.05) is 16.0 Å². The monoisotopic (exact) mass is 625 g/mol. The van der Waals surface area contributed by atoms with Crippen molar-refractivity contribution in [2.45, 2.75) is 40.3 Å². The maximum atomic E-state index is 13.6. The maximum absolute atomic E-state index is 13.6. The molecule has 0 saturated heterocycles. The normalized spacial score (nSPS) is 13.5. The first-order valence-corrected chi connectivity index (χ1v) is 14.5. The summed E-state index contributed by atoms with van der Waals surface area (Å²) in [6.45, 7) is 7.52. The predicted molar refractivity (Wildman–Crippen MR) is 171 cm³/mol. The Bertz CT molecular complexity index is 2040. The Morgan fingerprint density at radius 1 is 1.02 bits per heavy atom. The molecule has 5 aromatic rings. The highest BCUT2D eigenvalue weighted by molar-refractivity contribution is 6.35. The third-order valence-corrected chi connectivity index (χ3v) is 7.73. The number of halogens is 3. The fourth-order valence-electron chi connectivity index (χ4n) is 5.27. The predicted octanol–water partition coefficient (Wildman–Crippen LogP) is 7.59. The number of nitrogens with zero attached hydrogens (tertiary/aromatic N) is 3. The van der Waals surface area contributed by atoms with Crippen LogP contribution in [0.4, 0.5) is 35.9 Å². The number of anilines is 4. The van der Waals surface area contributed by atoms with Crippen molar-refractivity contribution in [3.8, 4) is 5.69 Å². The molecule has 6 rings (SSSR count). The molecular formula is C34H30F3N7O2. The zero-order valence-electron chi connectivity index (χ0n) is 25.4. The highest BCUT2D eigenvalue weighted by Gasteiger charge is 2.32. The summed E-state index contributed by atoms with van der Waals surface area (Å²) in [7, 11) is 0. The first kappa shape index (κ1) is 30.4. The van der Waals surface area contributed by atoms with E-state index in [1.807, 2.05) is 39.0 Å². The van der Waals surface area contributed by atoms with Gasteiger partial charge in [0.05, 0.1) is 51.5 Å². The number of hydrogen-bond acceptors (Lipinski definition) is 5. The van der Waals surface area contributed by atoms with Crippen LogP contribution in [0.5, 0.6) is 0 Å². The van der Waals surface area contributed by atoms with Gasteiger partial charge in [-0.2, -0.15) is 13.2 Å². The number of aromatic amines is 1.